The van der Waals surface area contributed by atoms with E-state index in [-0.39, 0.29) is 18.4 Å². The molecule has 34 heavy (non-hydrogen) atoms. The summed E-state index contributed by atoms with van der Waals surface area (Å²) in [6.07, 6.45) is -2.04. The van der Waals surface area contributed by atoms with E-state index in [4.69, 9.17) is 0 Å². The lowest BCUT2D eigenvalue weighted by Crippen LogP contribution is -2.36. The third-order valence-corrected chi connectivity index (χ3v) is 6.25. The molecule has 182 valence electrons. The number of halogens is 3. The number of benzene rings is 2. The van der Waals surface area contributed by atoms with Crippen LogP contribution in [0.5, 0.6) is 0 Å². The van der Waals surface area contributed by atoms with Crippen molar-refractivity contribution in [2.24, 2.45) is 0 Å². The van der Waals surface area contributed by atoms with Crippen molar-refractivity contribution in [2.45, 2.75) is 32.0 Å². The average molecular weight is 475 g/mol. The molecule has 0 spiro atoms. The highest BCUT2D eigenvalue weighted by Crippen LogP contribution is 2.29. The van der Waals surface area contributed by atoms with Gasteiger partial charge in [0.05, 0.1) is 12.1 Å². The van der Waals surface area contributed by atoms with Gasteiger partial charge in [-0.1, -0.05) is 18.2 Å². The van der Waals surface area contributed by atoms with E-state index in [1.54, 1.807) is 4.90 Å². The summed E-state index contributed by atoms with van der Waals surface area (Å²) in [6, 6.07) is 12.7. The summed E-state index contributed by atoms with van der Waals surface area (Å²) in [4.78, 5) is 30.7. The van der Waals surface area contributed by atoms with Crippen LogP contribution in [-0.2, 0) is 22.3 Å². The van der Waals surface area contributed by atoms with E-state index in [1.807, 2.05) is 24.3 Å². The first-order valence-electron chi connectivity index (χ1n) is 11.6. The zero-order valence-corrected chi connectivity index (χ0v) is 19.0. The zero-order valence-electron chi connectivity index (χ0n) is 19.0. The number of anilines is 2. The van der Waals surface area contributed by atoms with Crippen LogP contribution in [0.2, 0.25) is 0 Å². The van der Waals surface area contributed by atoms with Crippen LogP contribution < -0.4 is 10.2 Å². The van der Waals surface area contributed by atoms with E-state index in [0.29, 0.717) is 31.7 Å². The van der Waals surface area contributed by atoms with E-state index in [0.717, 1.165) is 55.9 Å². The van der Waals surface area contributed by atoms with Crippen LogP contribution in [0.4, 0.5) is 24.5 Å². The van der Waals surface area contributed by atoms with Crippen LogP contribution in [0.3, 0.4) is 0 Å². The number of carbonyl (C=O) groups excluding carboxylic acids is 2. The summed E-state index contributed by atoms with van der Waals surface area (Å²) in [5, 5.41) is 2.93. The lowest BCUT2D eigenvalue weighted by atomic mass is 10.1. The number of hydrogen-bond donors (Lipinski definition) is 1. The normalized spacial score (nSPS) is 18.2. The van der Waals surface area contributed by atoms with Gasteiger partial charge in [0.15, 0.2) is 0 Å². The Kier molecular flexibility index (Phi) is 7.53. The molecule has 0 saturated carbocycles. The van der Waals surface area contributed by atoms with Crippen molar-refractivity contribution >= 4 is 23.2 Å². The molecule has 2 aromatic carbocycles. The summed E-state index contributed by atoms with van der Waals surface area (Å²) in [5.74, 6) is -0.00465. The number of rotatable bonds is 6. The highest BCUT2D eigenvalue weighted by molar-refractivity contribution is 5.97. The molecule has 0 aliphatic carbocycles. The van der Waals surface area contributed by atoms with Crippen molar-refractivity contribution in [3.8, 4) is 0 Å². The quantitative estimate of drug-likeness (QED) is 0.688. The molecule has 2 aliphatic heterocycles. The first kappa shape index (κ1) is 24.2. The standard InChI is InChI=1S/C25H29F3N4O2/c26-25(27,28)20-9-7-19(8-10-20)17-30-11-3-12-31(15-14-30)18-23(33)29-21-4-1-5-22(16-21)32-13-2-6-24(32)34/h1,4-5,7-10,16H,2-3,6,11-15,17-18H2,(H,29,33). The Morgan fingerprint density at radius 1 is 0.912 bits per heavy atom. The molecule has 0 atom stereocenters. The Morgan fingerprint density at radius 2 is 1.65 bits per heavy atom. The maximum absolute atomic E-state index is 12.8. The van der Waals surface area contributed by atoms with Crippen molar-refractivity contribution in [1.29, 1.82) is 0 Å². The Labute approximate surface area is 197 Å². The highest BCUT2D eigenvalue weighted by Gasteiger charge is 2.30. The van der Waals surface area contributed by atoms with Crippen LogP contribution in [0.15, 0.2) is 48.5 Å². The predicted octanol–water partition coefficient (Wildman–Crippen LogP) is 3.98. The van der Waals surface area contributed by atoms with E-state index < -0.39 is 11.7 Å². The largest absolute Gasteiger partial charge is 0.416 e. The number of nitrogens with one attached hydrogen (secondary N) is 1. The molecule has 6 nitrogen and oxygen atoms in total. The Morgan fingerprint density at radius 3 is 2.35 bits per heavy atom. The second-order valence-electron chi connectivity index (χ2n) is 8.85. The summed E-state index contributed by atoms with van der Waals surface area (Å²) in [6.45, 7) is 4.59. The average Bonchev–Trinajstić information content (AvgIpc) is 3.11. The van der Waals surface area contributed by atoms with Crippen LogP contribution >= 0.6 is 0 Å². The SMILES string of the molecule is O=C(CN1CCCN(Cc2ccc(C(F)(F)F)cc2)CC1)Nc1cccc(N2CCCC2=O)c1. The lowest BCUT2D eigenvalue weighted by Gasteiger charge is -2.22. The Bertz CT molecular complexity index is 1010. The van der Waals surface area contributed by atoms with Gasteiger partial charge >= 0.3 is 6.18 Å². The van der Waals surface area contributed by atoms with Gasteiger partial charge in [0, 0.05) is 44.0 Å². The molecule has 2 amide bonds. The van der Waals surface area contributed by atoms with Crippen molar-refractivity contribution in [2.75, 3.05) is 49.5 Å². The number of alkyl halides is 3. The Balaban J connectivity index is 1.26. The molecule has 0 unspecified atom stereocenters. The molecule has 2 saturated heterocycles. The second kappa shape index (κ2) is 10.6. The fraction of sp³-hybridized carbons (Fsp3) is 0.440. The van der Waals surface area contributed by atoms with Gasteiger partial charge in [-0.15, -0.1) is 0 Å². The molecule has 0 aromatic heterocycles. The molecule has 1 N–H and O–H groups in total. The lowest BCUT2D eigenvalue weighted by molar-refractivity contribution is -0.137. The molecule has 9 heteroatoms. The maximum Gasteiger partial charge on any atom is 0.416 e. The molecule has 4 rings (SSSR count). The molecular weight excluding hydrogens is 445 g/mol. The second-order valence-corrected chi connectivity index (χ2v) is 8.85. The van der Waals surface area contributed by atoms with Gasteiger partial charge in [-0.05, 0) is 61.8 Å². The van der Waals surface area contributed by atoms with Gasteiger partial charge in [-0.25, -0.2) is 0 Å². The molecule has 0 radical (unpaired) electrons. The Hall–Kier alpha value is -2.91. The van der Waals surface area contributed by atoms with E-state index in [9.17, 15) is 22.8 Å². The minimum absolute atomic E-state index is 0.105. The number of hydrogen-bond acceptors (Lipinski definition) is 4. The number of carbonyl (C=O) groups is 2. The van der Waals surface area contributed by atoms with E-state index >= 15 is 0 Å². The predicted molar refractivity (Wildman–Crippen MR) is 124 cm³/mol. The van der Waals surface area contributed by atoms with Gasteiger partial charge in [-0.2, -0.15) is 13.2 Å². The van der Waals surface area contributed by atoms with Crippen LogP contribution in [0.1, 0.15) is 30.4 Å². The van der Waals surface area contributed by atoms with Crippen LogP contribution in [0.25, 0.3) is 0 Å². The minimum atomic E-state index is -4.32. The van der Waals surface area contributed by atoms with Crippen LogP contribution in [0, 0.1) is 0 Å². The van der Waals surface area contributed by atoms with Crippen molar-refractivity contribution in [3.63, 3.8) is 0 Å². The van der Waals surface area contributed by atoms with Gasteiger partial charge in [-0.3, -0.25) is 19.4 Å². The van der Waals surface area contributed by atoms with Gasteiger partial charge in [0.25, 0.3) is 0 Å². The summed E-state index contributed by atoms with van der Waals surface area (Å²) in [7, 11) is 0. The number of nitrogens with zero attached hydrogens (tertiary/aromatic N) is 3. The van der Waals surface area contributed by atoms with E-state index in [2.05, 4.69) is 15.1 Å². The fourth-order valence-corrected chi connectivity index (χ4v) is 4.47. The van der Waals surface area contributed by atoms with Crippen molar-refractivity contribution in [3.05, 3.63) is 59.7 Å². The van der Waals surface area contributed by atoms with E-state index in [1.165, 1.54) is 12.1 Å². The van der Waals surface area contributed by atoms with Gasteiger partial charge in [0.2, 0.25) is 11.8 Å². The molecule has 2 heterocycles. The van der Waals surface area contributed by atoms with Crippen LogP contribution in [-0.4, -0.2) is 60.9 Å². The van der Waals surface area contributed by atoms with Crippen molar-refractivity contribution < 1.29 is 22.8 Å². The smallest absolute Gasteiger partial charge is 0.325 e. The van der Waals surface area contributed by atoms with Gasteiger partial charge in [0.1, 0.15) is 0 Å². The summed E-state index contributed by atoms with van der Waals surface area (Å²) < 4.78 is 38.3. The molecular formula is C25H29F3N4O2. The number of amides is 2. The first-order chi connectivity index (χ1) is 16.3. The third-order valence-electron chi connectivity index (χ3n) is 6.25. The minimum Gasteiger partial charge on any atom is -0.325 e. The monoisotopic (exact) mass is 474 g/mol. The summed E-state index contributed by atoms with van der Waals surface area (Å²) in [5.41, 5.74) is 1.67. The topological polar surface area (TPSA) is 55.9 Å². The third kappa shape index (κ3) is 6.36. The molecule has 0 bridgehead atoms. The molecule has 2 aromatic rings. The fourth-order valence-electron chi connectivity index (χ4n) is 4.47. The maximum atomic E-state index is 12.8. The molecule has 2 aliphatic rings. The molecule has 2 fully saturated rings. The first-order valence-corrected chi connectivity index (χ1v) is 11.6. The summed E-state index contributed by atoms with van der Waals surface area (Å²) >= 11 is 0. The van der Waals surface area contributed by atoms with Crippen molar-refractivity contribution in [1.82, 2.24) is 9.80 Å². The zero-order chi connectivity index (χ0) is 24.1. The highest BCUT2D eigenvalue weighted by atomic mass is 19.4. The van der Waals surface area contributed by atoms with Gasteiger partial charge < -0.3 is 10.2 Å².